The van der Waals surface area contributed by atoms with Gasteiger partial charge in [0, 0.05) is 11.1 Å². The number of hydrogen-bond donors (Lipinski definition) is 1. The predicted octanol–water partition coefficient (Wildman–Crippen LogP) is 4.53. The average Bonchev–Trinajstić information content (AvgIpc) is 3.11. The van der Waals surface area contributed by atoms with Crippen LogP contribution in [0.25, 0.3) is 0 Å². The normalized spacial score (nSPS) is 14.4. The Morgan fingerprint density at radius 2 is 1.89 bits per heavy atom. The number of ketones is 1. The van der Waals surface area contributed by atoms with Crippen molar-refractivity contribution in [2.45, 2.75) is 27.7 Å². The van der Waals surface area contributed by atoms with Gasteiger partial charge in [0.05, 0.1) is 0 Å². The van der Waals surface area contributed by atoms with Gasteiger partial charge in [0.1, 0.15) is 5.75 Å². The summed E-state index contributed by atoms with van der Waals surface area (Å²) in [6.45, 7) is 11.3. The molecule has 1 heterocycles. The molecule has 0 amide bonds. The lowest BCUT2D eigenvalue weighted by atomic mass is 9.96. The lowest BCUT2D eigenvalue weighted by Gasteiger charge is -2.12. The molecule has 138 valence electrons. The van der Waals surface area contributed by atoms with Gasteiger partial charge < -0.3 is 9.57 Å². The third-order valence-corrected chi connectivity index (χ3v) is 4.53. The van der Waals surface area contributed by atoms with Crippen molar-refractivity contribution >= 4 is 11.6 Å². The van der Waals surface area contributed by atoms with E-state index in [0.717, 1.165) is 22.3 Å². The highest BCUT2D eigenvalue weighted by Crippen LogP contribution is 2.26. The minimum atomic E-state index is -0.0590. The Hall–Kier alpha value is -3.34. The van der Waals surface area contributed by atoms with E-state index in [1.165, 1.54) is 6.26 Å². The summed E-state index contributed by atoms with van der Waals surface area (Å²) < 4.78 is 5.74. The summed E-state index contributed by atoms with van der Waals surface area (Å²) in [6.07, 6.45) is 1.44. The van der Waals surface area contributed by atoms with Gasteiger partial charge in [0.25, 0.3) is 5.88 Å². The molecular weight excluding hydrogens is 340 g/mol. The van der Waals surface area contributed by atoms with Gasteiger partial charge in [-0.3, -0.25) is 4.79 Å². The van der Waals surface area contributed by atoms with Crippen LogP contribution in [0.4, 0.5) is 0 Å². The summed E-state index contributed by atoms with van der Waals surface area (Å²) in [5.74, 6) is 1.54. The molecule has 0 unspecified atom stereocenters. The van der Waals surface area contributed by atoms with Crippen molar-refractivity contribution in [2.75, 3.05) is 0 Å². The fourth-order valence-corrected chi connectivity index (χ4v) is 2.77. The number of aryl methyl sites for hydroxylation is 1. The molecule has 0 saturated heterocycles. The Balaban J connectivity index is 1.81. The lowest BCUT2D eigenvalue weighted by molar-refractivity contribution is 0.103. The number of allylic oxidation sites excluding steroid dienone is 1. The zero-order chi connectivity index (χ0) is 19.6. The summed E-state index contributed by atoms with van der Waals surface area (Å²) in [5, 5.41) is 0. The quantitative estimate of drug-likeness (QED) is 0.482. The summed E-state index contributed by atoms with van der Waals surface area (Å²) in [7, 11) is 0. The van der Waals surface area contributed by atoms with Crippen LogP contribution in [-0.4, -0.2) is 11.6 Å². The van der Waals surface area contributed by atoms with Gasteiger partial charge in [-0.25, -0.2) is 5.48 Å². The number of rotatable bonds is 5. The molecule has 2 aromatic carbocycles. The van der Waals surface area contributed by atoms with Crippen LogP contribution in [0.5, 0.6) is 5.75 Å². The minimum absolute atomic E-state index is 0.0590. The summed E-state index contributed by atoms with van der Waals surface area (Å²) in [4.78, 5) is 22.0. The van der Waals surface area contributed by atoms with Crippen LogP contribution in [-0.2, 0) is 4.84 Å². The zero-order valence-corrected chi connectivity index (χ0v) is 15.9. The van der Waals surface area contributed by atoms with Crippen molar-refractivity contribution < 1.29 is 14.4 Å². The Morgan fingerprint density at radius 1 is 1.15 bits per heavy atom. The number of carbonyl (C=O) groups excluding carboxylic acids is 1. The monoisotopic (exact) mass is 362 g/mol. The van der Waals surface area contributed by atoms with Crippen LogP contribution in [0.2, 0.25) is 0 Å². The maximum Gasteiger partial charge on any atom is 0.283 e. The summed E-state index contributed by atoms with van der Waals surface area (Å²) >= 11 is 0. The number of aliphatic imine (C=N–C) groups is 1. The third kappa shape index (κ3) is 3.77. The molecule has 0 saturated carbocycles. The second-order valence-corrected chi connectivity index (χ2v) is 6.52. The average molecular weight is 362 g/mol. The Labute approximate surface area is 159 Å². The van der Waals surface area contributed by atoms with E-state index in [0.29, 0.717) is 28.6 Å². The van der Waals surface area contributed by atoms with Crippen molar-refractivity contribution in [3.05, 3.63) is 88.5 Å². The first kappa shape index (κ1) is 18.5. The molecule has 0 radical (unpaired) electrons. The van der Waals surface area contributed by atoms with E-state index < -0.39 is 0 Å². The molecular formula is C22H22N2O3. The molecule has 5 heteroatoms. The highest BCUT2D eigenvalue weighted by atomic mass is 16.7. The van der Waals surface area contributed by atoms with Crippen molar-refractivity contribution in [3.63, 3.8) is 0 Å². The highest BCUT2D eigenvalue weighted by Gasteiger charge is 2.17. The minimum Gasteiger partial charge on any atom is -0.459 e. The maximum atomic E-state index is 12.2. The number of nitrogens with zero attached hydrogens (tertiary/aromatic N) is 1. The maximum absolute atomic E-state index is 12.2. The fourth-order valence-electron chi connectivity index (χ4n) is 2.77. The Kier molecular flexibility index (Phi) is 5.12. The smallest absolute Gasteiger partial charge is 0.283 e. The number of hydrogen-bond acceptors (Lipinski definition) is 5. The molecule has 5 nitrogen and oxygen atoms in total. The van der Waals surface area contributed by atoms with Gasteiger partial charge in [-0.1, -0.05) is 30.8 Å². The number of Topliss-reactive ketones (excluding diaryl/α,β-unsaturated/α-hetero) is 1. The standard InChI is InChI=1S/C22H22N2O3/c1-13(2)21(25)18-10-11-19(16(5)15(18)4)26-12-20-23-22(24-27-20)17-9-7-6-8-14(17)3/h6-12H,1H2,2-5H3,(H,23,24). The first-order valence-electron chi connectivity index (χ1n) is 8.63. The van der Waals surface area contributed by atoms with E-state index >= 15 is 0 Å². The van der Waals surface area contributed by atoms with Crippen molar-refractivity contribution in [1.29, 1.82) is 0 Å². The van der Waals surface area contributed by atoms with Gasteiger partial charge in [-0.05, 0) is 62.1 Å². The van der Waals surface area contributed by atoms with Crippen LogP contribution in [0.3, 0.4) is 0 Å². The molecule has 0 fully saturated rings. The molecule has 0 bridgehead atoms. The lowest BCUT2D eigenvalue weighted by Crippen LogP contribution is -2.18. The molecule has 3 rings (SSSR count). The van der Waals surface area contributed by atoms with E-state index in [-0.39, 0.29) is 5.78 Å². The van der Waals surface area contributed by atoms with Crippen LogP contribution >= 0.6 is 0 Å². The molecule has 1 aliphatic rings. The van der Waals surface area contributed by atoms with Crippen molar-refractivity contribution in [2.24, 2.45) is 4.99 Å². The number of amidine groups is 1. The fraction of sp³-hybridized carbons (Fsp3) is 0.182. The summed E-state index contributed by atoms with van der Waals surface area (Å²) in [6, 6.07) is 11.4. The van der Waals surface area contributed by atoms with E-state index in [1.807, 2.05) is 45.0 Å². The van der Waals surface area contributed by atoms with Gasteiger partial charge in [-0.15, -0.1) is 0 Å². The zero-order valence-electron chi connectivity index (χ0n) is 15.9. The molecule has 0 atom stereocenters. The number of nitrogens with one attached hydrogen (secondary N) is 1. The molecule has 27 heavy (non-hydrogen) atoms. The first-order valence-corrected chi connectivity index (χ1v) is 8.63. The van der Waals surface area contributed by atoms with Crippen molar-refractivity contribution in [1.82, 2.24) is 5.48 Å². The van der Waals surface area contributed by atoms with Crippen LogP contribution in [0, 0.1) is 20.8 Å². The van der Waals surface area contributed by atoms with Gasteiger partial charge in [0.15, 0.2) is 17.9 Å². The Morgan fingerprint density at radius 3 is 2.59 bits per heavy atom. The van der Waals surface area contributed by atoms with E-state index in [2.05, 4.69) is 17.1 Å². The number of ether oxygens (including phenoxy) is 1. The van der Waals surface area contributed by atoms with Gasteiger partial charge >= 0.3 is 0 Å². The number of hydroxylamine groups is 1. The predicted molar refractivity (Wildman–Crippen MR) is 106 cm³/mol. The Bertz CT molecular complexity index is 987. The van der Waals surface area contributed by atoms with Gasteiger partial charge in [0.2, 0.25) is 0 Å². The number of carbonyl (C=O) groups is 1. The second-order valence-electron chi connectivity index (χ2n) is 6.52. The third-order valence-electron chi connectivity index (χ3n) is 4.53. The molecule has 2 aromatic rings. The van der Waals surface area contributed by atoms with Crippen molar-refractivity contribution in [3.8, 4) is 5.75 Å². The summed E-state index contributed by atoms with van der Waals surface area (Å²) in [5.41, 5.74) is 7.77. The van der Waals surface area contributed by atoms with E-state index in [4.69, 9.17) is 9.57 Å². The molecule has 0 aliphatic carbocycles. The van der Waals surface area contributed by atoms with Crippen LogP contribution in [0.15, 0.2) is 65.7 Å². The SMILES string of the molecule is C=C(C)C(=O)c1ccc(OC=C2N=C(c3ccccc3C)NO2)c(C)c1C. The highest BCUT2D eigenvalue weighted by molar-refractivity contribution is 6.09. The van der Waals surface area contributed by atoms with Crippen LogP contribution in [0.1, 0.15) is 39.5 Å². The molecule has 0 aromatic heterocycles. The van der Waals surface area contributed by atoms with E-state index in [9.17, 15) is 4.79 Å². The van der Waals surface area contributed by atoms with Gasteiger partial charge in [-0.2, -0.15) is 4.99 Å². The topological polar surface area (TPSA) is 59.9 Å². The molecule has 0 spiro atoms. The second kappa shape index (κ2) is 7.50. The first-order chi connectivity index (χ1) is 12.9. The largest absolute Gasteiger partial charge is 0.459 e. The number of benzene rings is 2. The molecule has 1 aliphatic heterocycles. The van der Waals surface area contributed by atoms with Crippen LogP contribution < -0.4 is 10.2 Å². The molecule has 1 N–H and O–H groups in total. The van der Waals surface area contributed by atoms with E-state index in [1.54, 1.807) is 19.1 Å².